The van der Waals surface area contributed by atoms with Gasteiger partial charge in [-0.25, -0.2) is 0 Å². The molecule has 1 aromatic heterocycles. The number of aliphatic hydroxyl groups is 1. The summed E-state index contributed by atoms with van der Waals surface area (Å²) >= 11 is 0. The van der Waals surface area contributed by atoms with Crippen LogP contribution in [0.1, 0.15) is 37.1 Å². The maximum Gasteiger partial charge on any atom is 0.405 e. The molecular formula is C21H24F3N3O4. The second-order valence-corrected chi connectivity index (χ2v) is 8.37. The highest BCUT2D eigenvalue weighted by molar-refractivity contribution is 5.86. The molecule has 2 amide bonds. The van der Waals surface area contributed by atoms with Crippen molar-refractivity contribution in [1.29, 1.82) is 0 Å². The predicted octanol–water partition coefficient (Wildman–Crippen LogP) is 1.46. The topological polar surface area (TPSA) is 91.6 Å². The molecule has 0 radical (unpaired) electrons. The van der Waals surface area contributed by atoms with Gasteiger partial charge in [0.15, 0.2) is 0 Å². The zero-order valence-electron chi connectivity index (χ0n) is 16.9. The second-order valence-electron chi connectivity index (χ2n) is 8.37. The number of nitrogens with zero attached hydrogens (tertiary/aromatic N) is 2. The fourth-order valence-electron chi connectivity index (χ4n) is 4.88. The van der Waals surface area contributed by atoms with Crippen LogP contribution in [0.15, 0.2) is 23.0 Å². The van der Waals surface area contributed by atoms with Crippen molar-refractivity contribution in [2.24, 2.45) is 17.8 Å². The molecule has 4 atom stereocenters. The van der Waals surface area contributed by atoms with Crippen LogP contribution in [0, 0.1) is 17.8 Å². The maximum absolute atomic E-state index is 13.1. The van der Waals surface area contributed by atoms with Gasteiger partial charge in [-0.2, -0.15) is 13.2 Å². The summed E-state index contributed by atoms with van der Waals surface area (Å²) in [6.45, 7) is -0.124. The molecule has 2 bridgehead atoms. The van der Waals surface area contributed by atoms with Gasteiger partial charge in [-0.1, -0.05) is 12.2 Å². The van der Waals surface area contributed by atoms with Crippen molar-refractivity contribution in [3.63, 3.8) is 0 Å². The Kier molecular flexibility index (Phi) is 5.45. The Morgan fingerprint density at radius 3 is 2.58 bits per heavy atom. The number of allylic oxidation sites excluding steroid dienone is 1. The number of alkyl halides is 3. The van der Waals surface area contributed by atoms with Crippen LogP contribution in [0.4, 0.5) is 13.2 Å². The van der Waals surface area contributed by atoms with Crippen molar-refractivity contribution in [2.75, 3.05) is 13.2 Å². The molecule has 3 aliphatic rings. The monoisotopic (exact) mass is 439 g/mol. The van der Waals surface area contributed by atoms with Gasteiger partial charge in [0.05, 0.1) is 18.0 Å². The predicted molar refractivity (Wildman–Crippen MR) is 105 cm³/mol. The van der Waals surface area contributed by atoms with E-state index in [0.29, 0.717) is 11.3 Å². The summed E-state index contributed by atoms with van der Waals surface area (Å²) in [7, 11) is 0. The molecule has 1 aliphatic carbocycles. The third kappa shape index (κ3) is 3.77. The fourth-order valence-corrected chi connectivity index (χ4v) is 4.88. The molecule has 0 spiro atoms. The molecular weight excluding hydrogens is 415 g/mol. The van der Waals surface area contributed by atoms with Crippen molar-refractivity contribution in [1.82, 2.24) is 14.8 Å². The Hall–Kier alpha value is -2.62. The Morgan fingerprint density at radius 1 is 1.29 bits per heavy atom. The van der Waals surface area contributed by atoms with E-state index in [-0.39, 0.29) is 23.9 Å². The van der Waals surface area contributed by atoms with Gasteiger partial charge < -0.3 is 19.9 Å². The van der Waals surface area contributed by atoms with Gasteiger partial charge in [0.2, 0.25) is 11.8 Å². The molecule has 3 heterocycles. The van der Waals surface area contributed by atoms with E-state index >= 15 is 0 Å². The summed E-state index contributed by atoms with van der Waals surface area (Å²) in [5.74, 6) is -3.08. The Labute approximate surface area is 176 Å². The normalized spacial score (nSPS) is 27.5. The van der Waals surface area contributed by atoms with Crippen LogP contribution in [-0.2, 0) is 16.1 Å². The number of pyridine rings is 1. The van der Waals surface area contributed by atoms with Crippen LogP contribution in [-0.4, -0.2) is 51.8 Å². The Bertz CT molecular complexity index is 983. The molecule has 0 unspecified atom stereocenters. The molecule has 1 saturated carbocycles. The number of amides is 2. The number of nitrogens with one attached hydrogen (secondary N) is 1. The SMILES string of the molecule is C/C=C/c1ccc2n(c1=O)C[C@@H]1[C@@H](CO)[C@H](C(=O)NCC(F)(F)F)[C@H]2N1C(=O)C1CC1. The smallest absolute Gasteiger partial charge is 0.396 e. The first-order valence-electron chi connectivity index (χ1n) is 10.3. The minimum absolute atomic E-state index is 0.0861. The number of aliphatic hydroxyl groups excluding tert-OH is 1. The molecule has 4 rings (SSSR count). The molecule has 2 fully saturated rings. The van der Waals surface area contributed by atoms with E-state index < -0.39 is 49.2 Å². The minimum atomic E-state index is -4.59. The lowest BCUT2D eigenvalue weighted by Gasteiger charge is -2.38. The summed E-state index contributed by atoms with van der Waals surface area (Å²) in [5, 5.41) is 12.0. The van der Waals surface area contributed by atoms with E-state index in [1.807, 2.05) is 5.32 Å². The standard InChI is InChI=1S/C21H24F3N3O4/c1-2-3-11-6-7-14-17-16(18(29)25-10-21(22,23)24)13(9-28)15(8-26(14)19(11)30)27(17)20(31)12-4-5-12/h2-3,6-7,12-13,15-17,28H,4-5,8-10H2,1H3,(H,25,29)/b3-2+/t13-,15-,16+,17+/m1/s1. The van der Waals surface area contributed by atoms with Gasteiger partial charge in [0.25, 0.3) is 5.56 Å². The highest BCUT2D eigenvalue weighted by atomic mass is 19.4. The van der Waals surface area contributed by atoms with Crippen LogP contribution in [0.5, 0.6) is 0 Å². The maximum atomic E-state index is 13.1. The Balaban J connectivity index is 1.79. The van der Waals surface area contributed by atoms with Crippen LogP contribution >= 0.6 is 0 Å². The van der Waals surface area contributed by atoms with Gasteiger partial charge in [0.1, 0.15) is 6.54 Å². The second kappa shape index (κ2) is 7.81. The van der Waals surface area contributed by atoms with Crippen LogP contribution in [0.2, 0.25) is 0 Å². The van der Waals surface area contributed by atoms with E-state index in [4.69, 9.17) is 0 Å². The Morgan fingerprint density at radius 2 is 2.00 bits per heavy atom. The lowest BCUT2D eigenvalue weighted by molar-refractivity contribution is -0.143. The largest absolute Gasteiger partial charge is 0.405 e. The van der Waals surface area contributed by atoms with Gasteiger partial charge in [0, 0.05) is 36.2 Å². The van der Waals surface area contributed by atoms with E-state index in [1.165, 1.54) is 4.57 Å². The van der Waals surface area contributed by atoms with Crippen molar-refractivity contribution >= 4 is 17.9 Å². The number of fused-ring (bicyclic) bond motifs is 4. The van der Waals surface area contributed by atoms with Crippen molar-refractivity contribution in [3.05, 3.63) is 39.8 Å². The first-order valence-corrected chi connectivity index (χ1v) is 10.3. The lowest BCUT2D eigenvalue weighted by atomic mass is 9.86. The number of hydrogen-bond acceptors (Lipinski definition) is 4. The van der Waals surface area contributed by atoms with Gasteiger partial charge in [-0.05, 0) is 31.9 Å². The summed E-state index contributed by atoms with van der Waals surface area (Å²) < 4.78 is 39.6. The number of aromatic nitrogens is 1. The van der Waals surface area contributed by atoms with Crippen molar-refractivity contribution < 1.29 is 27.9 Å². The van der Waals surface area contributed by atoms with Gasteiger partial charge in [-0.3, -0.25) is 14.4 Å². The van der Waals surface area contributed by atoms with E-state index in [1.54, 1.807) is 36.1 Å². The number of carbonyl (C=O) groups is 2. The van der Waals surface area contributed by atoms with Crippen molar-refractivity contribution in [3.8, 4) is 0 Å². The summed E-state index contributed by atoms with van der Waals surface area (Å²) in [6.07, 6.45) is 0.217. The number of hydrogen-bond donors (Lipinski definition) is 2. The molecule has 1 aromatic rings. The number of carbonyl (C=O) groups excluding carboxylic acids is 2. The molecule has 0 aromatic carbocycles. The first kappa shape index (κ1) is 21.6. The third-order valence-electron chi connectivity index (χ3n) is 6.37. The quantitative estimate of drug-likeness (QED) is 0.727. The van der Waals surface area contributed by atoms with Crippen LogP contribution in [0.3, 0.4) is 0 Å². The number of halogens is 3. The molecule has 168 valence electrons. The molecule has 10 heteroatoms. The molecule has 2 N–H and O–H groups in total. The fraction of sp³-hybridized carbons (Fsp3) is 0.571. The zero-order chi connectivity index (χ0) is 22.5. The number of rotatable bonds is 5. The summed E-state index contributed by atoms with van der Waals surface area (Å²) in [4.78, 5) is 40.4. The van der Waals surface area contributed by atoms with Gasteiger partial charge in [-0.15, -0.1) is 0 Å². The molecule has 31 heavy (non-hydrogen) atoms. The molecule has 2 aliphatic heterocycles. The van der Waals surface area contributed by atoms with Crippen LogP contribution in [0.25, 0.3) is 6.08 Å². The average Bonchev–Trinajstić information content (AvgIpc) is 3.52. The van der Waals surface area contributed by atoms with Crippen molar-refractivity contribution in [2.45, 2.75) is 44.6 Å². The zero-order valence-corrected chi connectivity index (χ0v) is 16.9. The van der Waals surface area contributed by atoms with E-state index in [9.17, 15) is 32.7 Å². The minimum Gasteiger partial charge on any atom is -0.396 e. The van der Waals surface area contributed by atoms with Gasteiger partial charge >= 0.3 is 6.18 Å². The molecule has 7 nitrogen and oxygen atoms in total. The third-order valence-corrected chi connectivity index (χ3v) is 6.37. The molecule has 1 saturated heterocycles. The lowest BCUT2D eigenvalue weighted by Crippen LogP contribution is -2.50. The van der Waals surface area contributed by atoms with Crippen LogP contribution < -0.4 is 10.9 Å². The average molecular weight is 439 g/mol. The highest BCUT2D eigenvalue weighted by Crippen LogP contribution is 2.50. The summed E-state index contributed by atoms with van der Waals surface area (Å²) in [6, 6.07) is 1.69. The first-order chi connectivity index (χ1) is 14.7. The van der Waals surface area contributed by atoms with E-state index in [2.05, 4.69) is 0 Å². The van der Waals surface area contributed by atoms with E-state index in [0.717, 1.165) is 12.8 Å². The summed E-state index contributed by atoms with van der Waals surface area (Å²) in [5.41, 5.74) is 0.551. The highest BCUT2D eigenvalue weighted by Gasteiger charge is 2.58.